The summed E-state index contributed by atoms with van der Waals surface area (Å²) in [6.07, 6.45) is 0.823. The second-order valence-corrected chi connectivity index (χ2v) is 5.59. The summed E-state index contributed by atoms with van der Waals surface area (Å²) < 4.78 is 12.8. The molecule has 2 N–H and O–H groups in total. The molecule has 0 spiro atoms. The smallest absolute Gasteiger partial charge is 0.123 e. The summed E-state index contributed by atoms with van der Waals surface area (Å²) in [6, 6.07) is 15.2. The molecule has 0 aliphatic rings. The topological polar surface area (TPSA) is 26.0 Å². The molecular formula is C17H20FN. The molecule has 1 nitrogen and oxygen atoms in total. The van der Waals surface area contributed by atoms with Gasteiger partial charge >= 0.3 is 0 Å². The molecule has 0 atom stereocenters. The van der Waals surface area contributed by atoms with E-state index in [1.54, 1.807) is 0 Å². The van der Waals surface area contributed by atoms with Gasteiger partial charge in [0.05, 0.1) is 0 Å². The fourth-order valence-corrected chi connectivity index (χ4v) is 2.03. The number of benzene rings is 2. The summed E-state index contributed by atoms with van der Waals surface area (Å²) >= 11 is 0. The minimum absolute atomic E-state index is 0.00834. The average molecular weight is 257 g/mol. The molecular weight excluding hydrogens is 237 g/mol. The quantitative estimate of drug-likeness (QED) is 0.889. The maximum atomic E-state index is 12.8. The van der Waals surface area contributed by atoms with Gasteiger partial charge in [-0.3, -0.25) is 0 Å². The molecule has 0 radical (unpaired) electrons. The van der Waals surface area contributed by atoms with Crippen molar-refractivity contribution in [2.45, 2.75) is 25.7 Å². The van der Waals surface area contributed by atoms with Crippen LogP contribution in [0.1, 0.15) is 30.5 Å². The van der Waals surface area contributed by atoms with Crippen molar-refractivity contribution in [3.05, 3.63) is 71.0 Å². The lowest BCUT2D eigenvalue weighted by Crippen LogP contribution is -2.27. The van der Waals surface area contributed by atoms with E-state index in [1.165, 1.54) is 23.3 Å². The van der Waals surface area contributed by atoms with Crippen LogP contribution in [0.2, 0.25) is 0 Å². The summed E-state index contributed by atoms with van der Waals surface area (Å²) in [5.74, 6) is -0.191. The van der Waals surface area contributed by atoms with E-state index in [9.17, 15) is 4.39 Å². The first-order chi connectivity index (χ1) is 9.01. The van der Waals surface area contributed by atoms with Crippen molar-refractivity contribution in [1.82, 2.24) is 0 Å². The first-order valence-electron chi connectivity index (χ1n) is 6.55. The van der Waals surface area contributed by atoms with E-state index in [1.807, 2.05) is 12.1 Å². The van der Waals surface area contributed by atoms with E-state index in [0.29, 0.717) is 6.54 Å². The SMILES string of the molecule is CC(C)(CN)c1ccc(Cc2ccc(F)cc2)cc1. The van der Waals surface area contributed by atoms with E-state index in [0.717, 1.165) is 12.0 Å². The lowest BCUT2D eigenvalue weighted by Gasteiger charge is -2.23. The largest absolute Gasteiger partial charge is 0.330 e. The number of halogens is 1. The van der Waals surface area contributed by atoms with Gasteiger partial charge in [-0.2, -0.15) is 0 Å². The van der Waals surface area contributed by atoms with Crippen LogP contribution in [-0.4, -0.2) is 6.54 Å². The maximum Gasteiger partial charge on any atom is 0.123 e. The molecule has 0 aliphatic carbocycles. The zero-order valence-electron chi connectivity index (χ0n) is 11.5. The van der Waals surface area contributed by atoms with Crippen LogP contribution in [0.15, 0.2) is 48.5 Å². The molecule has 0 aliphatic heterocycles. The van der Waals surface area contributed by atoms with Crippen molar-refractivity contribution in [1.29, 1.82) is 0 Å². The van der Waals surface area contributed by atoms with Gasteiger partial charge in [0.15, 0.2) is 0 Å². The first kappa shape index (κ1) is 13.8. The van der Waals surface area contributed by atoms with Crippen LogP contribution in [0.5, 0.6) is 0 Å². The van der Waals surface area contributed by atoms with Gasteiger partial charge in [-0.1, -0.05) is 50.2 Å². The summed E-state index contributed by atoms with van der Waals surface area (Å²) in [5.41, 5.74) is 9.38. The zero-order chi connectivity index (χ0) is 13.9. The first-order valence-corrected chi connectivity index (χ1v) is 6.55. The van der Waals surface area contributed by atoms with Crippen LogP contribution in [0, 0.1) is 5.82 Å². The Balaban J connectivity index is 2.13. The van der Waals surface area contributed by atoms with Gasteiger partial charge in [0.25, 0.3) is 0 Å². The Kier molecular flexibility index (Phi) is 4.01. The minimum atomic E-state index is -0.191. The van der Waals surface area contributed by atoms with Gasteiger partial charge in [-0.15, -0.1) is 0 Å². The summed E-state index contributed by atoms with van der Waals surface area (Å²) in [4.78, 5) is 0. The predicted molar refractivity (Wildman–Crippen MR) is 77.7 cm³/mol. The summed E-state index contributed by atoms with van der Waals surface area (Å²) in [7, 11) is 0. The van der Waals surface area contributed by atoms with E-state index < -0.39 is 0 Å². The molecule has 0 heterocycles. The monoisotopic (exact) mass is 257 g/mol. The van der Waals surface area contributed by atoms with Crippen molar-refractivity contribution in [2.75, 3.05) is 6.54 Å². The average Bonchev–Trinajstić information content (AvgIpc) is 2.42. The van der Waals surface area contributed by atoms with E-state index in [2.05, 4.69) is 38.1 Å². The van der Waals surface area contributed by atoms with Gasteiger partial charge in [-0.25, -0.2) is 4.39 Å². The highest BCUT2D eigenvalue weighted by Gasteiger charge is 2.17. The van der Waals surface area contributed by atoms with Gasteiger partial charge in [0.1, 0.15) is 5.82 Å². The number of rotatable bonds is 4. The third kappa shape index (κ3) is 3.42. The standard InChI is InChI=1S/C17H20FN/c1-17(2,12-19)15-7-3-13(4-8-15)11-14-5-9-16(18)10-6-14/h3-10H,11-12,19H2,1-2H3. The van der Waals surface area contributed by atoms with E-state index >= 15 is 0 Å². The molecule has 0 fully saturated rings. The third-order valence-electron chi connectivity index (χ3n) is 3.57. The highest BCUT2D eigenvalue weighted by Crippen LogP contribution is 2.22. The van der Waals surface area contributed by atoms with Crippen LogP contribution in [0.25, 0.3) is 0 Å². The second-order valence-electron chi connectivity index (χ2n) is 5.59. The third-order valence-corrected chi connectivity index (χ3v) is 3.57. The highest BCUT2D eigenvalue weighted by atomic mass is 19.1. The van der Waals surface area contributed by atoms with Crippen molar-refractivity contribution in [3.63, 3.8) is 0 Å². The van der Waals surface area contributed by atoms with Crippen molar-refractivity contribution in [2.24, 2.45) is 5.73 Å². The van der Waals surface area contributed by atoms with Crippen molar-refractivity contribution >= 4 is 0 Å². The molecule has 2 rings (SSSR count). The summed E-state index contributed by atoms with van der Waals surface area (Å²) in [5, 5.41) is 0. The predicted octanol–water partition coefficient (Wildman–Crippen LogP) is 3.65. The van der Waals surface area contributed by atoms with Gasteiger partial charge < -0.3 is 5.73 Å². The fourth-order valence-electron chi connectivity index (χ4n) is 2.03. The zero-order valence-corrected chi connectivity index (χ0v) is 11.5. The number of hydrogen-bond acceptors (Lipinski definition) is 1. The van der Waals surface area contributed by atoms with Crippen LogP contribution < -0.4 is 5.73 Å². The van der Waals surface area contributed by atoms with Crippen LogP contribution in [-0.2, 0) is 11.8 Å². The molecule has 2 heteroatoms. The Morgan fingerprint density at radius 2 is 1.37 bits per heavy atom. The molecule has 2 aromatic rings. The Bertz CT molecular complexity index is 526. The second kappa shape index (κ2) is 5.54. The van der Waals surface area contributed by atoms with Gasteiger partial charge in [-0.05, 0) is 35.2 Å². The molecule has 0 aromatic heterocycles. The van der Waals surface area contributed by atoms with Crippen LogP contribution in [0.3, 0.4) is 0 Å². The Morgan fingerprint density at radius 1 is 0.895 bits per heavy atom. The Morgan fingerprint density at radius 3 is 1.84 bits per heavy atom. The minimum Gasteiger partial charge on any atom is -0.330 e. The van der Waals surface area contributed by atoms with E-state index in [-0.39, 0.29) is 11.2 Å². The molecule has 0 unspecified atom stereocenters. The molecule has 2 aromatic carbocycles. The summed E-state index contributed by atoms with van der Waals surface area (Å²) in [6.45, 7) is 4.91. The van der Waals surface area contributed by atoms with Crippen LogP contribution in [0.4, 0.5) is 4.39 Å². The number of hydrogen-bond donors (Lipinski definition) is 1. The van der Waals surface area contributed by atoms with Crippen molar-refractivity contribution < 1.29 is 4.39 Å². The van der Waals surface area contributed by atoms with Gasteiger partial charge in [0, 0.05) is 12.0 Å². The molecule has 0 saturated heterocycles. The molecule has 19 heavy (non-hydrogen) atoms. The molecule has 100 valence electrons. The maximum absolute atomic E-state index is 12.8. The fraction of sp³-hybridized carbons (Fsp3) is 0.294. The molecule has 0 saturated carbocycles. The lowest BCUT2D eigenvalue weighted by atomic mass is 9.84. The number of nitrogens with two attached hydrogens (primary N) is 1. The van der Waals surface area contributed by atoms with E-state index in [4.69, 9.17) is 5.73 Å². The highest BCUT2D eigenvalue weighted by molar-refractivity contribution is 5.32. The molecule has 0 amide bonds. The Hall–Kier alpha value is -1.67. The molecule has 0 bridgehead atoms. The van der Waals surface area contributed by atoms with Gasteiger partial charge in [0.2, 0.25) is 0 Å². The van der Waals surface area contributed by atoms with Crippen molar-refractivity contribution in [3.8, 4) is 0 Å². The van der Waals surface area contributed by atoms with Crippen LogP contribution >= 0.6 is 0 Å². The Labute approximate surface area is 114 Å². The normalized spacial score (nSPS) is 11.6. The lowest BCUT2D eigenvalue weighted by molar-refractivity contribution is 0.539.